The Bertz CT molecular complexity index is 888. The van der Waals surface area contributed by atoms with Crippen LogP contribution in [-0.2, 0) is 17.7 Å². The lowest BCUT2D eigenvalue weighted by atomic mass is 10.1. The van der Waals surface area contributed by atoms with Gasteiger partial charge in [-0.2, -0.15) is 0 Å². The number of likely N-dealkylation sites (N-methyl/N-ethyl adjacent to an activating group) is 1. The summed E-state index contributed by atoms with van der Waals surface area (Å²) in [6.07, 6.45) is 0.881. The number of ether oxygens (including phenoxy) is 3. The first-order chi connectivity index (χ1) is 15.7. The number of hydrogen-bond donors (Lipinski definition) is 1. The smallest absolute Gasteiger partial charge is 0.193 e. The van der Waals surface area contributed by atoms with Gasteiger partial charge in [0.2, 0.25) is 0 Å². The molecule has 0 spiro atoms. The Hall–Kier alpha value is -2.20. The van der Waals surface area contributed by atoms with Crippen molar-refractivity contribution in [1.29, 1.82) is 0 Å². The van der Waals surface area contributed by atoms with Crippen LogP contribution in [0.3, 0.4) is 0 Å². The summed E-state index contributed by atoms with van der Waals surface area (Å²) in [5.74, 6) is 2.41. The monoisotopic (exact) mass is 568 g/mol. The minimum absolute atomic E-state index is 0. The molecule has 1 N–H and O–H groups in total. The summed E-state index contributed by atoms with van der Waals surface area (Å²) >= 11 is 0. The summed E-state index contributed by atoms with van der Waals surface area (Å²) in [6, 6.07) is 14.6. The van der Waals surface area contributed by atoms with E-state index in [0.29, 0.717) is 6.54 Å². The van der Waals surface area contributed by atoms with Crippen LogP contribution in [0, 0.1) is 0 Å². The van der Waals surface area contributed by atoms with E-state index in [-0.39, 0.29) is 24.0 Å². The summed E-state index contributed by atoms with van der Waals surface area (Å²) in [4.78, 5) is 9.51. The highest BCUT2D eigenvalue weighted by atomic mass is 127. The van der Waals surface area contributed by atoms with Gasteiger partial charge in [0.05, 0.1) is 34.0 Å². The van der Waals surface area contributed by atoms with Crippen molar-refractivity contribution < 1.29 is 14.2 Å². The van der Waals surface area contributed by atoms with E-state index in [2.05, 4.69) is 59.4 Å². The fourth-order valence-electron chi connectivity index (χ4n) is 3.83. The zero-order valence-corrected chi connectivity index (χ0v) is 22.5. The number of nitrogens with one attached hydrogen (secondary N) is 1. The van der Waals surface area contributed by atoms with E-state index in [1.165, 1.54) is 16.8 Å². The summed E-state index contributed by atoms with van der Waals surface area (Å²) in [5, 5.41) is 3.43. The highest BCUT2D eigenvalue weighted by Crippen LogP contribution is 2.27. The molecule has 1 heterocycles. The highest BCUT2D eigenvalue weighted by Gasteiger charge is 2.15. The molecular formula is C25H37IN4O3. The van der Waals surface area contributed by atoms with Crippen molar-refractivity contribution in [3.05, 3.63) is 53.6 Å². The number of guanidine groups is 1. The highest BCUT2D eigenvalue weighted by molar-refractivity contribution is 14.0. The second-order valence-corrected chi connectivity index (χ2v) is 7.76. The van der Waals surface area contributed by atoms with Crippen molar-refractivity contribution in [3.63, 3.8) is 0 Å². The van der Waals surface area contributed by atoms with Crippen molar-refractivity contribution in [3.8, 4) is 11.5 Å². The first-order valence-electron chi connectivity index (χ1n) is 11.3. The van der Waals surface area contributed by atoms with Crippen molar-refractivity contribution in [2.75, 3.05) is 65.6 Å². The van der Waals surface area contributed by atoms with Crippen LogP contribution in [-0.4, -0.2) is 71.5 Å². The number of methoxy groups -OCH3 is 2. The Labute approximate surface area is 215 Å². The lowest BCUT2D eigenvalue weighted by Gasteiger charge is -2.30. The molecule has 2 aromatic carbocycles. The third-order valence-corrected chi connectivity index (χ3v) is 5.62. The van der Waals surface area contributed by atoms with E-state index >= 15 is 0 Å². The molecule has 0 unspecified atom stereocenters. The summed E-state index contributed by atoms with van der Waals surface area (Å²) < 4.78 is 16.3. The van der Waals surface area contributed by atoms with Crippen LogP contribution in [0.25, 0.3) is 0 Å². The SMILES string of the molecule is CCNC(=NCc1ccccc1N1CCOCC1)N(C)CCc1ccc(OC)c(OC)c1.I. The molecule has 1 fully saturated rings. The molecule has 0 bridgehead atoms. The number of nitrogens with zero attached hydrogens (tertiary/aromatic N) is 3. The van der Waals surface area contributed by atoms with E-state index in [1.807, 2.05) is 12.1 Å². The van der Waals surface area contributed by atoms with Crippen molar-refractivity contribution in [1.82, 2.24) is 10.2 Å². The quantitative estimate of drug-likeness (QED) is 0.282. The molecule has 33 heavy (non-hydrogen) atoms. The van der Waals surface area contributed by atoms with Gasteiger partial charge < -0.3 is 29.3 Å². The number of anilines is 1. The maximum atomic E-state index is 5.51. The van der Waals surface area contributed by atoms with Gasteiger partial charge in [0.25, 0.3) is 0 Å². The summed E-state index contributed by atoms with van der Waals surface area (Å²) in [7, 11) is 5.40. The minimum atomic E-state index is 0. The molecule has 0 amide bonds. The van der Waals surface area contributed by atoms with E-state index < -0.39 is 0 Å². The van der Waals surface area contributed by atoms with E-state index in [0.717, 1.165) is 63.3 Å². The van der Waals surface area contributed by atoms with Crippen LogP contribution >= 0.6 is 24.0 Å². The number of para-hydroxylation sites is 1. The van der Waals surface area contributed by atoms with Gasteiger partial charge in [-0.15, -0.1) is 24.0 Å². The van der Waals surface area contributed by atoms with E-state index in [9.17, 15) is 0 Å². The number of morpholine rings is 1. The standard InChI is InChI=1S/C25H36N4O3.HI/c1-5-26-25(28(2)13-12-20-10-11-23(30-3)24(18-20)31-4)27-19-21-8-6-7-9-22(21)29-14-16-32-17-15-29;/h6-11,18H,5,12-17,19H2,1-4H3,(H,26,27);1H. The van der Waals surface area contributed by atoms with Crippen LogP contribution < -0.4 is 19.7 Å². The molecule has 1 aliphatic heterocycles. The average Bonchev–Trinajstić information content (AvgIpc) is 2.85. The third kappa shape index (κ3) is 7.67. The topological polar surface area (TPSA) is 58.6 Å². The number of rotatable bonds is 9. The fourth-order valence-corrected chi connectivity index (χ4v) is 3.83. The molecule has 1 saturated heterocycles. The lowest BCUT2D eigenvalue weighted by molar-refractivity contribution is 0.122. The normalized spacial score (nSPS) is 13.8. The first-order valence-corrected chi connectivity index (χ1v) is 11.3. The average molecular weight is 569 g/mol. The Morgan fingerprint density at radius 3 is 2.52 bits per heavy atom. The number of aliphatic imine (C=N–C) groups is 1. The fraction of sp³-hybridized carbons (Fsp3) is 0.480. The van der Waals surface area contributed by atoms with Crippen LogP contribution in [0.1, 0.15) is 18.1 Å². The number of benzene rings is 2. The van der Waals surface area contributed by atoms with Gasteiger partial charge in [0.15, 0.2) is 17.5 Å². The summed E-state index contributed by atoms with van der Waals surface area (Å²) in [6.45, 7) is 7.79. The molecule has 0 aromatic heterocycles. The van der Waals surface area contributed by atoms with Gasteiger partial charge >= 0.3 is 0 Å². The van der Waals surface area contributed by atoms with Gasteiger partial charge in [-0.05, 0) is 42.7 Å². The Balaban J connectivity index is 0.00000385. The molecule has 1 aliphatic rings. The molecule has 0 aliphatic carbocycles. The Morgan fingerprint density at radius 1 is 1.09 bits per heavy atom. The van der Waals surface area contributed by atoms with Gasteiger partial charge in [0, 0.05) is 38.9 Å². The van der Waals surface area contributed by atoms with Crippen molar-refractivity contribution in [2.24, 2.45) is 4.99 Å². The summed E-state index contributed by atoms with van der Waals surface area (Å²) in [5.41, 5.74) is 3.68. The maximum Gasteiger partial charge on any atom is 0.193 e. The lowest BCUT2D eigenvalue weighted by Crippen LogP contribution is -2.40. The minimum Gasteiger partial charge on any atom is -0.493 e. The number of hydrogen-bond acceptors (Lipinski definition) is 5. The van der Waals surface area contributed by atoms with E-state index in [4.69, 9.17) is 19.2 Å². The second-order valence-electron chi connectivity index (χ2n) is 7.76. The molecule has 0 radical (unpaired) electrons. The Kier molecular flexibility index (Phi) is 11.6. The molecule has 0 saturated carbocycles. The van der Waals surface area contributed by atoms with Crippen LogP contribution in [0.2, 0.25) is 0 Å². The predicted molar refractivity (Wildman–Crippen MR) is 146 cm³/mol. The predicted octanol–water partition coefficient (Wildman–Crippen LogP) is 3.80. The van der Waals surface area contributed by atoms with Crippen LogP contribution in [0.5, 0.6) is 11.5 Å². The molecule has 7 nitrogen and oxygen atoms in total. The third-order valence-electron chi connectivity index (χ3n) is 5.62. The largest absolute Gasteiger partial charge is 0.493 e. The van der Waals surface area contributed by atoms with Gasteiger partial charge in [-0.3, -0.25) is 0 Å². The van der Waals surface area contributed by atoms with E-state index in [1.54, 1.807) is 14.2 Å². The molecular weight excluding hydrogens is 531 g/mol. The van der Waals surface area contributed by atoms with Crippen LogP contribution in [0.4, 0.5) is 5.69 Å². The molecule has 2 aromatic rings. The van der Waals surface area contributed by atoms with Gasteiger partial charge in [-0.25, -0.2) is 4.99 Å². The van der Waals surface area contributed by atoms with Gasteiger partial charge in [0.1, 0.15) is 0 Å². The maximum absolute atomic E-state index is 5.51. The molecule has 8 heteroatoms. The van der Waals surface area contributed by atoms with Gasteiger partial charge in [-0.1, -0.05) is 24.3 Å². The molecule has 0 atom stereocenters. The van der Waals surface area contributed by atoms with Crippen molar-refractivity contribution in [2.45, 2.75) is 19.9 Å². The molecule has 182 valence electrons. The zero-order valence-electron chi connectivity index (χ0n) is 20.2. The molecule has 3 rings (SSSR count). The number of halogens is 1. The zero-order chi connectivity index (χ0) is 22.8. The second kappa shape index (κ2) is 14.1. The van der Waals surface area contributed by atoms with Crippen molar-refractivity contribution >= 4 is 35.6 Å². The van der Waals surface area contributed by atoms with Crippen LogP contribution in [0.15, 0.2) is 47.5 Å². The Morgan fingerprint density at radius 2 is 1.82 bits per heavy atom. The first kappa shape index (κ1) is 27.0.